The van der Waals surface area contributed by atoms with Gasteiger partial charge in [-0.25, -0.2) is 4.98 Å². The minimum atomic E-state index is 0.201. The van der Waals surface area contributed by atoms with E-state index in [0.29, 0.717) is 47.7 Å². The highest BCUT2D eigenvalue weighted by atomic mass is 32.1. The summed E-state index contributed by atoms with van der Waals surface area (Å²) in [6.45, 7) is 2.82. The van der Waals surface area contributed by atoms with Crippen molar-refractivity contribution in [1.29, 1.82) is 5.26 Å². The van der Waals surface area contributed by atoms with E-state index in [2.05, 4.69) is 27.0 Å². The molecule has 3 rings (SSSR count). The number of fused-ring (bicyclic) bond motifs is 2. The molecule has 0 spiro atoms. The number of rotatable bonds is 8. The predicted molar refractivity (Wildman–Crippen MR) is 106 cm³/mol. The highest BCUT2D eigenvalue weighted by molar-refractivity contribution is 7.80. The molecule has 9 heteroatoms. The molecular weight excluding hydrogens is 366 g/mol. The van der Waals surface area contributed by atoms with Crippen LogP contribution in [0, 0.1) is 11.3 Å². The van der Waals surface area contributed by atoms with Gasteiger partial charge in [-0.1, -0.05) is 0 Å². The molecule has 0 saturated carbocycles. The smallest absolute Gasteiger partial charge is 0.231 e. The van der Waals surface area contributed by atoms with Crippen molar-refractivity contribution in [3.8, 4) is 17.6 Å². The fourth-order valence-corrected chi connectivity index (χ4v) is 2.83. The van der Waals surface area contributed by atoms with E-state index in [-0.39, 0.29) is 6.79 Å². The van der Waals surface area contributed by atoms with Crippen LogP contribution < -0.4 is 25.4 Å². The van der Waals surface area contributed by atoms with Gasteiger partial charge in [0.05, 0.1) is 11.1 Å². The molecule has 2 heterocycles. The Kier molecular flexibility index (Phi) is 6.46. The first-order chi connectivity index (χ1) is 13.2. The van der Waals surface area contributed by atoms with Crippen molar-refractivity contribution >= 4 is 34.1 Å². The van der Waals surface area contributed by atoms with E-state index in [0.717, 1.165) is 23.9 Å². The molecule has 1 aromatic heterocycles. The second-order valence-corrected chi connectivity index (χ2v) is 6.26. The van der Waals surface area contributed by atoms with E-state index in [9.17, 15) is 5.26 Å². The number of nitriles is 1. The van der Waals surface area contributed by atoms with Crippen molar-refractivity contribution in [3.63, 3.8) is 0 Å². The van der Waals surface area contributed by atoms with Crippen LogP contribution in [0.3, 0.4) is 0 Å². The van der Waals surface area contributed by atoms with Crippen LogP contribution >= 0.6 is 12.2 Å². The number of thiocarbonyl (C=S) groups is 1. The molecule has 0 radical (unpaired) electrons. The molecule has 3 N–H and O–H groups in total. The Balaban J connectivity index is 1.56. The lowest BCUT2D eigenvalue weighted by atomic mass is 10.1. The van der Waals surface area contributed by atoms with Crippen LogP contribution in [0.25, 0.3) is 10.9 Å². The minimum Gasteiger partial charge on any atom is -0.454 e. The molecule has 2 aromatic rings. The van der Waals surface area contributed by atoms with Gasteiger partial charge >= 0.3 is 0 Å². The van der Waals surface area contributed by atoms with Crippen LogP contribution in [0.1, 0.15) is 12.0 Å². The highest BCUT2D eigenvalue weighted by Gasteiger charge is 2.16. The number of methoxy groups -OCH3 is 1. The van der Waals surface area contributed by atoms with Crippen molar-refractivity contribution in [3.05, 3.63) is 23.8 Å². The van der Waals surface area contributed by atoms with Crippen LogP contribution in [0.5, 0.6) is 11.5 Å². The van der Waals surface area contributed by atoms with Gasteiger partial charge in [0.25, 0.3) is 0 Å². The summed E-state index contributed by atoms with van der Waals surface area (Å²) < 4.78 is 15.7. The van der Waals surface area contributed by atoms with Crippen molar-refractivity contribution in [2.45, 2.75) is 6.42 Å². The zero-order valence-electron chi connectivity index (χ0n) is 15.0. The van der Waals surface area contributed by atoms with Gasteiger partial charge in [0.2, 0.25) is 6.79 Å². The normalized spacial score (nSPS) is 11.9. The van der Waals surface area contributed by atoms with Gasteiger partial charge in [-0.15, -0.1) is 0 Å². The predicted octanol–water partition coefficient (Wildman–Crippen LogP) is 1.75. The average Bonchev–Trinajstić information content (AvgIpc) is 3.13. The standard InChI is InChI=1S/C18H21N5O3S/c1-24-6-2-3-21-18(27)22-5-4-20-17-13(10-19)7-12-8-15-16(26-11-25-15)9-14(12)23-17/h7-9H,2-6,11H2,1H3,(H,20,23)(H2,21,22,27). The number of aromatic nitrogens is 1. The lowest BCUT2D eigenvalue weighted by Crippen LogP contribution is -2.38. The number of hydrogen-bond donors (Lipinski definition) is 3. The third kappa shape index (κ3) is 4.87. The molecule has 142 valence electrons. The van der Waals surface area contributed by atoms with Crippen LogP contribution in [-0.2, 0) is 4.74 Å². The molecule has 0 atom stereocenters. The van der Waals surface area contributed by atoms with Crippen molar-refractivity contribution < 1.29 is 14.2 Å². The van der Waals surface area contributed by atoms with Gasteiger partial charge in [-0.3, -0.25) is 0 Å². The zero-order valence-corrected chi connectivity index (χ0v) is 15.8. The van der Waals surface area contributed by atoms with Crippen molar-refractivity contribution in [2.24, 2.45) is 0 Å². The van der Waals surface area contributed by atoms with E-state index in [1.165, 1.54) is 0 Å². The molecule has 0 bridgehead atoms. The summed E-state index contributed by atoms with van der Waals surface area (Å²) in [5.41, 5.74) is 1.21. The van der Waals surface area contributed by atoms with Crippen LogP contribution in [0.4, 0.5) is 5.82 Å². The van der Waals surface area contributed by atoms with Gasteiger partial charge in [-0.2, -0.15) is 5.26 Å². The zero-order chi connectivity index (χ0) is 19.1. The summed E-state index contributed by atoms with van der Waals surface area (Å²) in [7, 11) is 1.67. The van der Waals surface area contributed by atoms with E-state index < -0.39 is 0 Å². The number of hydrogen-bond acceptors (Lipinski definition) is 7. The maximum absolute atomic E-state index is 9.41. The molecule has 8 nitrogen and oxygen atoms in total. The lowest BCUT2D eigenvalue weighted by molar-refractivity contribution is 0.174. The van der Waals surface area contributed by atoms with Crippen LogP contribution in [0.2, 0.25) is 0 Å². The van der Waals surface area contributed by atoms with E-state index in [4.69, 9.17) is 26.4 Å². The van der Waals surface area contributed by atoms with E-state index in [1.807, 2.05) is 12.1 Å². The quantitative estimate of drug-likeness (QED) is 0.462. The Hall–Kier alpha value is -2.83. The molecule has 1 aliphatic rings. The topological polar surface area (TPSA) is 100 Å². The molecular formula is C18H21N5O3S. The minimum absolute atomic E-state index is 0.201. The van der Waals surface area contributed by atoms with Gasteiger partial charge in [-0.05, 0) is 30.8 Å². The average molecular weight is 387 g/mol. The Morgan fingerprint density at radius 3 is 2.78 bits per heavy atom. The largest absolute Gasteiger partial charge is 0.454 e. The first kappa shape index (κ1) is 18.9. The van der Waals surface area contributed by atoms with Crippen LogP contribution in [-0.4, -0.2) is 50.2 Å². The summed E-state index contributed by atoms with van der Waals surface area (Å²) in [5, 5.41) is 20.2. The summed E-state index contributed by atoms with van der Waals surface area (Å²) in [6.07, 6.45) is 0.890. The number of pyridine rings is 1. The van der Waals surface area contributed by atoms with Gasteiger partial charge in [0.15, 0.2) is 16.6 Å². The Morgan fingerprint density at radius 1 is 1.22 bits per heavy atom. The van der Waals surface area contributed by atoms with E-state index in [1.54, 1.807) is 13.2 Å². The first-order valence-electron chi connectivity index (χ1n) is 8.60. The van der Waals surface area contributed by atoms with Crippen molar-refractivity contribution in [2.75, 3.05) is 45.5 Å². The van der Waals surface area contributed by atoms with Gasteiger partial charge in [0.1, 0.15) is 11.9 Å². The fraction of sp³-hybridized carbons (Fsp3) is 0.389. The Bertz CT molecular complexity index is 868. The number of nitrogens with zero attached hydrogens (tertiary/aromatic N) is 2. The number of ether oxygens (including phenoxy) is 3. The fourth-order valence-electron chi connectivity index (χ4n) is 2.62. The third-order valence-electron chi connectivity index (χ3n) is 3.94. The molecule has 0 saturated heterocycles. The second kappa shape index (κ2) is 9.21. The number of benzene rings is 1. The maximum atomic E-state index is 9.41. The molecule has 27 heavy (non-hydrogen) atoms. The summed E-state index contributed by atoms with van der Waals surface area (Å²) in [5.74, 6) is 1.87. The summed E-state index contributed by atoms with van der Waals surface area (Å²) >= 11 is 5.21. The lowest BCUT2D eigenvalue weighted by Gasteiger charge is -2.12. The van der Waals surface area contributed by atoms with Crippen molar-refractivity contribution in [1.82, 2.24) is 15.6 Å². The van der Waals surface area contributed by atoms with Crippen LogP contribution in [0.15, 0.2) is 18.2 Å². The third-order valence-corrected chi connectivity index (χ3v) is 4.23. The molecule has 0 fully saturated rings. The van der Waals surface area contributed by atoms with Gasteiger partial charge in [0, 0.05) is 44.8 Å². The number of anilines is 1. The Labute approximate surface area is 162 Å². The molecule has 0 aliphatic carbocycles. The molecule has 0 unspecified atom stereocenters. The number of nitrogens with one attached hydrogen (secondary N) is 3. The SMILES string of the molecule is COCCCNC(=S)NCCNc1nc2cc3c(cc2cc1C#N)OCO3. The summed E-state index contributed by atoms with van der Waals surface area (Å²) in [6, 6.07) is 7.63. The molecule has 1 aromatic carbocycles. The molecule has 0 amide bonds. The summed E-state index contributed by atoms with van der Waals surface area (Å²) in [4.78, 5) is 4.55. The van der Waals surface area contributed by atoms with Gasteiger partial charge < -0.3 is 30.2 Å². The highest BCUT2D eigenvalue weighted by Crippen LogP contribution is 2.36. The molecule has 1 aliphatic heterocycles. The maximum Gasteiger partial charge on any atom is 0.231 e. The second-order valence-electron chi connectivity index (χ2n) is 5.85. The Morgan fingerprint density at radius 2 is 2.00 bits per heavy atom. The monoisotopic (exact) mass is 387 g/mol. The van der Waals surface area contributed by atoms with E-state index >= 15 is 0 Å². The first-order valence-corrected chi connectivity index (χ1v) is 9.01.